The lowest BCUT2D eigenvalue weighted by atomic mass is 10.6. The van der Waals surface area contributed by atoms with Gasteiger partial charge in [-0.15, -0.1) is 0 Å². The van der Waals surface area contributed by atoms with Crippen molar-refractivity contribution in [2.45, 2.75) is 6.92 Å². The van der Waals surface area contributed by atoms with Crippen LogP contribution in [0.15, 0.2) is 6.20 Å². The molecule has 0 saturated heterocycles. The second-order valence-corrected chi connectivity index (χ2v) is 3.46. The fourth-order valence-corrected chi connectivity index (χ4v) is 1.68. The summed E-state index contributed by atoms with van der Waals surface area (Å²) >= 11 is 1.54. The molecule has 4 nitrogen and oxygen atoms in total. The highest BCUT2D eigenvalue weighted by Crippen LogP contribution is 2.19. The van der Waals surface area contributed by atoms with Crippen LogP contribution in [0.1, 0.15) is 5.01 Å². The average Bonchev–Trinajstić information content (AvgIpc) is 2.43. The highest BCUT2D eigenvalue weighted by Gasteiger charge is 2.03. The zero-order valence-electron chi connectivity index (χ0n) is 6.74. The fourth-order valence-electron chi connectivity index (χ4n) is 0.927. The summed E-state index contributed by atoms with van der Waals surface area (Å²) < 4.78 is 4.89. The molecule has 0 fully saturated rings. The number of thiazole rings is 1. The Balaban J connectivity index is 2.66. The van der Waals surface area contributed by atoms with Crippen molar-refractivity contribution in [3.05, 3.63) is 11.2 Å². The standard InChI is InChI=1S/C7H7N3OS/c1-4-9-5-3-8-7(11-2)10-6(5)12-4/h3H,1-2H3. The minimum Gasteiger partial charge on any atom is -0.467 e. The first-order valence-corrected chi connectivity index (χ1v) is 4.25. The maximum absolute atomic E-state index is 4.89. The van der Waals surface area contributed by atoms with Gasteiger partial charge < -0.3 is 4.74 Å². The molecule has 62 valence electrons. The molecule has 0 atom stereocenters. The lowest BCUT2D eigenvalue weighted by Gasteiger charge is -1.93. The van der Waals surface area contributed by atoms with Gasteiger partial charge >= 0.3 is 6.01 Å². The van der Waals surface area contributed by atoms with E-state index < -0.39 is 0 Å². The first kappa shape index (κ1) is 7.42. The van der Waals surface area contributed by atoms with Gasteiger partial charge in [0.05, 0.1) is 18.3 Å². The van der Waals surface area contributed by atoms with E-state index in [9.17, 15) is 0 Å². The third-order valence-corrected chi connectivity index (χ3v) is 2.30. The summed E-state index contributed by atoms with van der Waals surface area (Å²) in [6.45, 7) is 1.94. The highest BCUT2D eigenvalue weighted by molar-refractivity contribution is 7.18. The molecule has 12 heavy (non-hydrogen) atoms. The van der Waals surface area contributed by atoms with E-state index in [0.717, 1.165) is 15.4 Å². The summed E-state index contributed by atoms with van der Waals surface area (Å²) in [6.07, 6.45) is 1.67. The molecule has 0 unspecified atom stereocenters. The maximum atomic E-state index is 4.89. The quantitative estimate of drug-likeness (QED) is 0.667. The Morgan fingerprint density at radius 3 is 3.00 bits per heavy atom. The van der Waals surface area contributed by atoms with Crippen LogP contribution < -0.4 is 4.74 Å². The molecule has 0 amide bonds. The molecular weight excluding hydrogens is 174 g/mol. The number of aryl methyl sites for hydroxylation is 1. The molecule has 5 heteroatoms. The van der Waals surface area contributed by atoms with E-state index in [1.807, 2.05) is 6.92 Å². The summed E-state index contributed by atoms with van der Waals surface area (Å²) in [5.41, 5.74) is 0.832. The van der Waals surface area contributed by atoms with Crippen LogP contribution in [0.25, 0.3) is 10.3 Å². The van der Waals surface area contributed by atoms with Crippen molar-refractivity contribution in [1.82, 2.24) is 15.0 Å². The van der Waals surface area contributed by atoms with Crippen LogP contribution in [-0.2, 0) is 0 Å². The summed E-state index contributed by atoms with van der Waals surface area (Å²) in [7, 11) is 1.55. The number of aromatic nitrogens is 3. The molecule has 0 aliphatic rings. The molecule has 2 aromatic rings. The maximum Gasteiger partial charge on any atom is 0.317 e. The van der Waals surface area contributed by atoms with Gasteiger partial charge in [-0.25, -0.2) is 9.97 Å². The van der Waals surface area contributed by atoms with Gasteiger partial charge in [-0.05, 0) is 6.92 Å². The molecule has 2 heterocycles. The van der Waals surface area contributed by atoms with Crippen molar-refractivity contribution in [3.8, 4) is 6.01 Å². The Morgan fingerprint density at radius 2 is 2.25 bits per heavy atom. The van der Waals surface area contributed by atoms with E-state index >= 15 is 0 Å². The zero-order chi connectivity index (χ0) is 8.55. The number of nitrogens with zero attached hydrogens (tertiary/aromatic N) is 3. The number of rotatable bonds is 1. The van der Waals surface area contributed by atoms with E-state index in [1.54, 1.807) is 13.3 Å². The van der Waals surface area contributed by atoms with Gasteiger partial charge in [0.25, 0.3) is 0 Å². The van der Waals surface area contributed by atoms with Gasteiger partial charge in [0, 0.05) is 0 Å². The smallest absolute Gasteiger partial charge is 0.317 e. The Kier molecular flexibility index (Phi) is 1.65. The second kappa shape index (κ2) is 2.67. The Morgan fingerprint density at radius 1 is 1.42 bits per heavy atom. The first-order chi connectivity index (χ1) is 5.79. The normalized spacial score (nSPS) is 10.5. The van der Waals surface area contributed by atoms with E-state index in [4.69, 9.17) is 4.74 Å². The monoisotopic (exact) mass is 181 g/mol. The molecule has 0 bridgehead atoms. The van der Waals surface area contributed by atoms with E-state index in [0.29, 0.717) is 6.01 Å². The van der Waals surface area contributed by atoms with E-state index in [-0.39, 0.29) is 0 Å². The van der Waals surface area contributed by atoms with E-state index in [1.165, 1.54) is 11.3 Å². The third-order valence-electron chi connectivity index (χ3n) is 1.42. The van der Waals surface area contributed by atoms with E-state index in [2.05, 4.69) is 15.0 Å². The Bertz CT molecular complexity index is 412. The number of hydrogen-bond donors (Lipinski definition) is 0. The van der Waals surface area contributed by atoms with Crippen LogP contribution in [0.2, 0.25) is 0 Å². The predicted molar refractivity (Wildman–Crippen MR) is 46.5 cm³/mol. The highest BCUT2D eigenvalue weighted by atomic mass is 32.1. The number of ether oxygens (including phenoxy) is 1. The lowest BCUT2D eigenvalue weighted by molar-refractivity contribution is 0.382. The number of methoxy groups -OCH3 is 1. The van der Waals surface area contributed by atoms with Crippen LogP contribution in [-0.4, -0.2) is 22.1 Å². The minimum absolute atomic E-state index is 0.395. The minimum atomic E-state index is 0.395. The van der Waals surface area contributed by atoms with Crippen LogP contribution in [0.5, 0.6) is 6.01 Å². The predicted octanol–water partition coefficient (Wildman–Crippen LogP) is 1.40. The molecule has 0 spiro atoms. The molecule has 0 saturated carbocycles. The topological polar surface area (TPSA) is 47.9 Å². The largest absolute Gasteiger partial charge is 0.467 e. The van der Waals surface area contributed by atoms with Crippen LogP contribution in [0.4, 0.5) is 0 Å². The van der Waals surface area contributed by atoms with Gasteiger partial charge in [-0.1, -0.05) is 11.3 Å². The Hall–Kier alpha value is -1.23. The Labute approximate surface area is 73.3 Å². The van der Waals surface area contributed by atoms with Crippen LogP contribution in [0, 0.1) is 6.92 Å². The van der Waals surface area contributed by atoms with Gasteiger partial charge in [0.2, 0.25) is 0 Å². The van der Waals surface area contributed by atoms with Gasteiger partial charge in [-0.3, -0.25) is 0 Å². The first-order valence-electron chi connectivity index (χ1n) is 3.44. The summed E-state index contributed by atoms with van der Waals surface area (Å²) in [5.74, 6) is 0. The van der Waals surface area contributed by atoms with Crippen molar-refractivity contribution >= 4 is 21.7 Å². The molecule has 0 aromatic carbocycles. The van der Waals surface area contributed by atoms with Gasteiger partial charge in [-0.2, -0.15) is 4.98 Å². The summed E-state index contributed by atoms with van der Waals surface area (Å²) in [5, 5.41) is 0.993. The molecule has 0 aliphatic heterocycles. The summed E-state index contributed by atoms with van der Waals surface area (Å²) in [4.78, 5) is 13.2. The SMILES string of the molecule is COc1ncc2nc(C)sc2n1. The van der Waals surface area contributed by atoms with Crippen molar-refractivity contribution < 1.29 is 4.74 Å². The molecule has 2 aromatic heterocycles. The molecule has 2 rings (SSSR count). The number of fused-ring (bicyclic) bond motifs is 1. The van der Waals surface area contributed by atoms with Crippen LogP contribution >= 0.6 is 11.3 Å². The van der Waals surface area contributed by atoms with Crippen molar-refractivity contribution in [3.63, 3.8) is 0 Å². The van der Waals surface area contributed by atoms with Crippen molar-refractivity contribution in [2.24, 2.45) is 0 Å². The second-order valence-electron chi connectivity index (χ2n) is 2.28. The van der Waals surface area contributed by atoms with Crippen molar-refractivity contribution in [2.75, 3.05) is 7.11 Å². The number of hydrogen-bond acceptors (Lipinski definition) is 5. The molecule has 0 radical (unpaired) electrons. The average molecular weight is 181 g/mol. The lowest BCUT2D eigenvalue weighted by Crippen LogP contribution is -1.89. The fraction of sp³-hybridized carbons (Fsp3) is 0.286. The van der Waals surface area contributed by atoms with Crippen molar-refractivity contribution in [1.29, 1.82) is 0 Å². The van der Waals surface area contributed by atoms with Crippen LogP contribution in [0.3, 0.4) is 0 Å². The molecular formula is C7H7N3OS. The molecule has 0 aliphatic carbocycles. The molecule has 0 N–H and O–H groups in total. The summed E-state index contributed by atoms with van der Waals surface area (Å²) in [6, 6.07) is 0.395. The third kappa shape index (κ3) is 1.12. The van der Waals surface area contributed by atoms with Gasteiger partial charge in [0.1, 0.15) is 5.52 Å². The van der Waals surface area contributed by atoms with Gasteiger partial charge in [0.15, 0.2) is 4.83 Å². The zero-order valence-corrected chi connectivity index (χ0v) is 7.55.